The van der Waals surface area contributed by atoms with Crippen LogP contribution in [0.3, 0.4) is 0 Å². The molecule has 0 aromatic heterocycles. The summed E-state index contributed by atoms with van der Waals surface area (Å²) in [6, 6.07) is 3.95. The van der Waals surface area contributed by atoms with Gasteiger partial charge in [0.05, 0.1) is 5.02 Å². The maximum atomic E-state index is 12.4. The Balaban J connectivity index is 1.69. The first-order chi connectivity index (χ1) is 11.4. The predicted molar refractivity (Wildman–Crippen MR) is 92.4 cm³/mol. The van der Waals surface area contributed by atoms with Gasteiger partial charge in [0, 0.05) is 18.8 Å². The van der Waals surface area contributed by atoms with Gasteiger partial charge in [0.15, 0.2) is 0 Å². The summed E-state index contributed by atoms with van der Waals surface area (Å²) in [7, 11) is 0. The monoisotopic (exact) mass is 346 g/mol. The second-order valence-electron chi connectivity index (χ2n) is 7.91. The fourth-order valence-corrected chi connectivity index (χ4v) is 5.79. The lowest BCUT2D eigenvalue weighted by molar-refractivity contribution is -0.132. The largest absolute Gasteiger partial charge is 0.425 e. The van der Waals surface area contributed by atoms with E-state index in [9.17, 15) is 9.59 Å². The standard InChI is InChI=1S/C20H23ClO3/c1-11(22)24-18-9-12-3-4-14-13(15(12)10-17(18)21)7-8-20(2)16(14)5-6-19(20)23/h9-10,13-14,16H,3-8H2,1-2H3/t13-,14+,16-,20-/m0/s1. The smallest absolute Gasteiger partial charge is 0.308 e. The van der Waals surface area contributed by atoms with Crippen LogP contribution >= 0.6 is 11.6 Å². The molecule has 4 rings (SSSR count). The van der Waals surface area contributed by atoms with E-state index in [2.05, 4.69) is 6.92 Å². The van der Waals surface area contributed by atoms with Crippen molar-refractivity contribution >= 4 is 23.4 Å². The number of hydrogen-bond donors (Lipinski definition) is 0. The minimum absolute atomic E-state index is 0.0971. The molecular formula is C20H23ClO3. The molecule has 0 aliphatic heterocycles. The molecule has 0 saturated heterocycles. The van der Waals surface area contributed by atoms with Crippen molar-refractivity contribution in [2.75, 3.05) is 0 Å². The molecular weight excluding hydrogens is 324 g/mol. The summed E-state index contributed by atoms with van der Waals surface area (Å²) >= 11 is 6.37. The molecule has 0 amide bonds. The molecule has 0 N–H and O–H groups in total. The molecule has 3 nitrogen and oxygen atoms in total. The quantitative estimate of drug-likeness (QED) is 0.547. The van der Waals surface area contributed by atoms with E-state index in [1.165, 1.54) is 18.1 Å². The number of esters is 1. The van der Waals surface area contributed by atoms with Gasteiger partial charge in [0.2, 0.25) is 0 Å². The van der Waals surface area contributed by atoms with E-state index in [-0.39, 0.29) is 11.4 Å². The molecule has 1 aromatic rings. The average molecular weight is 347 g/mol. The summed E-state index contributed by atoms with van der Waals surface area (Å²) in [6.07, 6.45) is 5.93. The van der Waals surface area contributed by atoms with Crippen LogP contribution in [0.5, 0.6) is 5.75 Å². The van der Waals surface area contributed by atoms with Gasteiger partial charge < -0.3 is 4.74 Å². The third kappa shape index (κ3) is 2.32. The van der Waals surface area contributed by atoms with E-state index in [0.29, 0.717) is 34.3 Å². The van der Waals surface area contributed by atoms with Gasteiger partial charge >= 0.3 is 5.97 Å². The van der Waals surface area contributed by atoms with Gasteiger partial charge in [-0.1, -0.05) is 18.5 Å². The highest BCUT2D eigenvalue weighted by Crippen LogP contribution is 2.59. The van der Waals surface area contributed by atoms with Crippen LogP contribution in [0.4, 0.5) is 0 Å². The third-order valence-corrected chi connectivity index (χ3v) is 7.04. The Morgan fingerprint density at radius 2 is 2.04 bits per heavy atom. The number of ketones is 1. The van der Waals surface area contributed by atoms with Gasteiger partial charge in [-0.15, -0.1) is 0 Å². The van der Waals surface area contributed by atoms with Crippen LogP contribution in [0.15, 0.2) is 12.1 Å². The van der Waals surface area contributed by atoms with Crippen molar-refractivity contribution in [1.82, 2.24) is 0 Å². The highest BCUT2D eigenvalue weighted by molar-refractivity contribution is 6.32. The van der Waals surface area contributed by atoms with Crippen molar-refractivity contribution in [2.24, 2.45) is 17.3 Å². The summed E-state index contributed by atoms with van der Waals surface area (Å²) in [5.41, 5.74) is 2.47. The van der Waals surface area contributed by atoms with Crippen LogP contribution in [-0.4, -0.2) is 11.8 Å². The molecule has 0 unspecified atom stereocenters. The van der Waals surface area contributed by atoms with E-state index in [0.717, 1.165) is 38.5 Å². The normalized spacial score (nSPS) is 34.3. The molecule has 0 spiro atoms. The molecule has 128 valence electrons. The topological polar surface area (TPSA) is 43.4 Å². The number of ether oxygens (including phenoxy) is 1. The van der Waals surface area contributed by atoms with Crippen molar-refractivity contribution in [1.29, 1.82) is 0 Å². The number of carbonyl (C=O) groups is 2. The molecule has 2 saturated carbocycles. The summed E-state index contributed by atoms with van der Waals surface area (Å²) < 4.78 is 5.23. The number of fused-ring (bicyclic) bond motifs is 5. The van der Waals surface area contributed by atoms with Gasteiger partial charge in [-0.2, -0.15) is 0 Å². The van der Waals surface area contributed by atoms with E-state index in [4.69, 9.17) is 16.3 Å². The average Bonchev–Trinajstić information content (AvgIpc) is 2.83. The van der Waals surface area contributed by atoms with Gasteiger partial charge in [0.1, 0.15) is 11.5 Å². The Morgan fingerprint density at radius 3 is 2.79 bits per heavy atom. The minimum Gasteiger partial charge on any atom is -0.425 e. The van der Waals surface area contributed by atoms with Crippen LogP contribution in [-0.2, 0) is 16.0 Å². The van der Waals surface area contributed by atoms with Gasteiger partial charge in [0.25, 0.3) is 0 Å². The minimum atomic E-state index is -0.344. The van der Waals surface area contributed by atoms with E-state index >= 15 is 0 Å². The Bertz CT molecular complexity index is 726. The molecule has 2 fully saturated rings. The lowest BCUT2D eigenvalue weighted by Crippen LogP contribution is -2.42. The van der Waals surface area contributed by atoms with Crippen molar-refractivity contribution < 1.29 is 14.3 Å². The maximum Gasteiger partial charge on any atom is 0.308 e. The highest BCUT2D eigenvalue weighted by Gasteiger charge is 2.54. The zero-order valence-corrected chi connectivity index (χ0v) is 15.0. The summed E-state index contributed by atoms with van der Waals surface area (Å²) in [6.45, 7) is 3.58. The van der Waals surface area contributed by atoms with Crippen LogP contribution < -0.4 is 4.74 Å². The third-order valence-electron chi connectivity index (χ3n) is 6.74. The SMILES string of the molecule is CC(=O)Oc1cc2c(cc1Cl)[C@H]1CC[C@]3(C)C(=O)CC[C@H]3[C@@H]1CC2. The first-order valence-corrected chi connectivity index (χ1v) is 9.32. The van der Waals surface area contributed by atoms with Gasteiger partial charge in [-0.05, 0) is 73.1 Å². The molecule has 0 radical (unpaired) electrons. The van der Waals surface area contributed by atoms with Crippen LogP contribution in [0.1, 0.15) is 63.0 Å². The molecule has 1 aromatic carbocycles. The number of carbonyl (C=O) groups excluding carboxylic acids is 2. The zero-order chi connectivity index (χ0) is 17.1. The first kappa shape index (κ1) is 16.1. The Morgan fingerprint density at radius 1 is 1.25 bits per heavy atom. The van der Waals surface area contributed by atoms with E-state index in [1.54, 1.807) is 0 Å². The molecule has 0 heterocycles. The van der Waals surface area contributed by atoms with Crippen LogP contribution in [0, 0.1) is 17.3 Å². The molecule has 4 heteroatoms. The Hall–Kier alpha value is -1.35. The Labute approximate surface area is 147 Å². The molecule has 3 aliphatic rings. The number of Topliss-reactive ketones (excluding diaryl/α,β-unsaturated/α-hetero) is 1. The molecule has 0 bridgehead atoms. The highest BCUT2D eigenvalue weighted by atomic mass is 35.5. The van der Waals surface area contributed by atoms with Gasteiger partial charge in [-0.25, -0.2) is 0 Å². The predicted octanol–water partition coefficient (Wildman–Crippen LogP) is 4.69. The number of halogens is 1. The lowest BCUT2D eigenvalue weighted by atomic mass is 9.55. The van der Waals surface area contributed by atoms with E-state index < -0.39 is 0 Å². The number of aryl methyl sites for hydroxylation is 1. The second-order valence-corrected chi connectivity index (χ2v) is 8.32. The van der Waals surface area contributed by atoms with Gasteiger partial charge in [-0.3, -0.25) is 9.59 Å². The fourth-order valence-electron chi connectivity index (χ4n) is 5.58. The van der Waals surface area contributed by atoms with Crippen LogP contribution in [0.2, 0.25) is 5.02 Å². The summed E-state index contributed by atoms with van der Waals surface area (Å²) in [5.74, 6) is 2.19. The fraction of sp³-hybridized carbons (Fsp3) is 0.600. The lowest BCUT2D eigenvalue weighted by Gasteiger charge is -2.48. The van der Waals surface area contributed by atoms with Crippen molar-refractivity contribution in [3.05, 3.63) is 28.3 Å². The maximum absolute atomic E-state index is 12.4. The summed E-state index contributed by atoms with van der Waals surface area (Å²) in [5, 5.41) is 0.514. The number of hydrogen-bond acceptors (Lipinski definition) is 3. The molecule has 4 atom stereocenters. The Kier molecular flexibility index (Phi) is 3.76. The summed E-state index contributed by atoms with van der Waals surface area (Å²) in [4.78, 5) is 23.6. The molecule has 3 aliphatic carbocycles. The van der Waals surface area contributed by atoms with E-state index in [1.807, 2.05) is 12.1 Å². The molecule has 24 heavy (non-hydrogen) atoms. The van der Waals surface area contributed by atoms with Crippen LogP contribution in [0.25, 0.3) is 0 Å². The zero-order valence-electron chi connectivity index (χ0n) is 14.2. The first-order valence-electron chi connectivity index (χ1n) is 8.94. The van der Waals surface area contributed by atoms with Crippen molar-refractivity contribution in [3.63, 3.8) is 0 Å². The van der Waals surface area contributed by atoms with Crippen molar-refractivity contribution in [3.8, 4) is 5.75 Å². The second kappa shape index (κ2) is 5.59. The number of rotatable bonds is 1. The number of benzene rings is 1. The van der Waals surface area contributed by atoms with Crippen molar-refractivity contribution in [2.45, 2.75) is 58.3 Å².